The van der Waals surface area contributed by atoms with Crippen molar-refractivity contribution in [2.24, 2.45) is 17.8 Å². The van der Waals surface area contributed by atoms with Crippen molar-refractivity contribution < 1.29 is 53.7 Å². The summed E-state index contributed by atoms with van der Waals surface area (Å²) in [5.41, 5.74) is -0.877. The van der Waals surface area contributed by atoms with Crippen molar-refractivity contribution in [3.63, 3.8) is 0 Å². The van der Waals surface area contributed by atoms with E-state index in [1.165, 1.54) is 19.3 Å². The number of halogens is 9. The summed E-state index contributed by atoms with van der Waals surface area (Å²) in [6, 6.07) is 5.26. The SMILES string of the molecule is CCCCCC1COC(C2CCC(c3ccc(C4CCC(C(F)(F)Oc5cc(F)c(C(F)(F)C(F)F)c(F)c5)CC4)c(F)c3)CC2)OC1. The van der Waals surface area contributed by atoms with Gasteiger partial charge in [0.2, 0.25) is 0 Å². The second kappa shape index (κ2) is 15.6. The van der Waals surface area contributed by atoms with Gasteiger partial charge in [-0.05, 0) is 86.8 Å². The third kappa shape index (κ3) is 8.45. The van der Waals surface area contributed by atoms with Crippen molar-refractivity contribution in [2.45, 2.75) is 121 Å². The minimum Gasteiger partial charge on any atom is -0.432 e. The second-order valence-electron chi connectivity index (χ2n) is 13.7. The molecule has 12 heteroatoms. The first-order valence-electron chi connectivity index (χ1n) is 17.0. The van der Waals surface area contributed by atoms with Crippen molar-refractivity contribution in [2.75, 3.05) is 13.2 Å². The predicted octanol–water partition coefficient (Wildman–Crippen LogP) is 11.2. The van der Waals surface area contributed by atoms with Gasteiger partial charge in [-0.15, -0.1) is 0 Å². The van der Waals surface area contributed by atoms with Gasteiger partial charge in [0.25, 0.3) is 0 Å². The number of unbranched alkanes of at least 4 members (excludes halogenated alkanes) is 2. The third-order valence-corrected chi connectivity index (χ3v) is 10.4. The molecule has 0 aromatic heterocycles. The molecule has 2 aromatic rings. The van der Waals surface area contributed by atoms with Gasteiger partial charge in [0.1, 0.15) is 23.2 Å². The molecule has 2 saturated carbocycles. The molecule has 0 N–H and O–H groups in total. The van der Waals surface area contributed by atoms with Crippen LogP contribution in [0.15, 0.2) is 30.3 Å². The van der Waals surface area contributed by atoms with E-state index in [4.69, 9.17) is 9.47 Å². The predicted molar refractivity (Wildman–Crippen MR) is 161 cm³/mol. The lowest BCUT2D eigenvalue weighted by atomic mass is 9.76. The first-order chi connectivity index (χ1) is 22.8. The van der Waals surface area contributed by atoms with E-state index in [0.717, 1.165) is 50.9 Å². The summed E-state index contributed by atoms with van der Waals surface area (Å²) in [5, 5.41) is 0. The van der Waals surface area contributed by atoms with Gasteiger partial charge in [-0.25, -0.2) is 22.0 Å². The number of benzene rings is 2. The molecule has 0 spiro atoms. The van der Waals surface area contributed by atoms with Crippen LogP contribution in [0.5, 0.6) is 5.75 Å². The summed E-state index contributed by atoms with van der Waals surface area (Å²) in [5.74, 6) is -11.7. The largest absolute Gasteiger partial charge is 0.432 e. The van der Waals surface area contributed by atoms with Crippen molar-refractivity contribution in [3.8, 4) is 5.75 Å². The molecule has 0 radical (unpaired) electrons. The minimum absolute atomic E-state index is 0.0413. The number of hydrogen-bond acceptors (Lipinski definition) is 3. The molecule has 3 aliphatic rings. The van der Waals surface area contributed by atoms with Gasteiger partial charge in [0, 0.05) is 24.0 Å². The molecule has 48 heavy (non-hydrogen) atoms. The van der Waals surface area contributed by atoms with Gasteiger partial charge in [-0.3, -0.25) is 0 Å². The molecule has 1 saturated heterocycles. The van der Waals surface area contributed by atoms with Crippen LogP contribution in [0.4, 0.5) is 39.5 Å². The van der Waals surface area contributed by atoms with Crippen molar-refractivity contribution >= 4 is 0 Å². The fraction of sp³-hybridized carbons (Fsp3) is 0.667. The topological polar surface area (TPSA) is 27.7 Å². The molecule has 268 valence electrons. The molecule has 0 amide bonds. The molecule has 2 aromatic carbocycles. The monoisotopic (exact) mass is 694 g/mol. The molecular formula is C36H43F9O3. The van der Waals surface area contributed by atoms with E-state index in [1.54, 1.807) is 12.1 Å². The Morgan fingerprint density at radius 1 is 0.771 bits per heavy atom. The Hall–Kier alpha value is -2.47. The van der Waals surface area contributed by atoms with Gasteiger partial charge < -0.3 is 14.2 Å². The number of rotatable bonds is 12. The van der Waals surface area contributed by atoms with Crippen LogP contribution in [-0.4, -0.2) is 32.0 Å². The lowest BCUT2D eigenvalue weighted by molar-refractivity contribution is -0.229. The average Bonchev–Trinajstić information content (AvgIpc) is 3.04. The maximum atomic E-state index is 15.4. The number of hydrogen-bond donors (Lipinski definition) is 0. The van der Waals surface area contributed by atoms with E-state index < -0.39 is 47.3 Å². The Balaban J connectivity index is 1.11. The second-order valence-corrected chi connectivity index (χ2v) is 13.7. The fourth-order valence-corrected chi connectivity index (χ4v) is 7.55. The van der Waals surface area contributed by atoms with E-state index in [-0.39, 0.29) is 61.8 Å². The molecule has 0 bridgehead atoms. The van der Waals surface area contributed by atoms with Gasteiger partial charge in [-0.1, -0.05) is 38.3 Å². The quantitative estimate of drug-likeness (QED) is 0.164. The summed E-state index contributed by atoms with van der Waals surface area (Å²) in [6.07, 6.45) is 0.0192. The summed E-state index contributed by atoms with van der Waals surface area (Å²) in [7, 11) is 0. The van der Waals surface area contributed by atoms with E-state index in [9.17, 15) is 35.1 Å². The Morgan fingerprint density at radius 3 is 1.94 bits per heavy atom. The maximum Gasteiger partial charge on any atom is 0.400 e. The van der Waals surface area contributed by atoms with Crippen LogP contribution in [0.25, 0.3) is 0 Å². The lowest BCUT2D eigenvalue weighted by Crippen LogP contribution is -2.38. The lowest BCUT2D eigenvalue weighted by Gasteiger charge is -2.38. The maximum absolute atomic E-state index is 15.4. The highest BCUT2D eigenvalue weighted by atomic mass is 19.3. The number of ether oxygens (including phenoxy) is 3. The Kier molecular flexibility index (Phi) is 12.0. The van der Waals surface area contributed by atoms with Gasteiger partial charge in [0.05, 0.1) is 24.7 Å². The van der Waals surface area contributed by atoms with Crippen LogP contribution < -0.4 is 4.74 Å². The highest BCUT2D eigenvalue weighted by Gasteiger charge is 2.49. The van der Waals surface area contributed by atoms with Crippen LogP contribution in [-0.2, 0) is 15.4 Å². The van der Waals surface area contributed by atoms with Crippen LogP contribution >= 0.6 is 0 Å². The third-order valence-electron chi connectivity index (χ3n) is 10.4. The summed E-state index contributed by atoms with van der Waals surface area (Å²) >= 11 is 0. The smallest absolute Gasteiger partial charge is 0.400 e. The first kappa shape index (κ1) is 36.8. The summed E-state index contributed by atoms with van der Waals surface area (Å²) < 4.78 is 143. The molecule has 1 heterocycles. The number of alkyl halides is 6. The summed E-state index contributed by atoms with van der Waals surface area (Å²) in [6.45, 7) is 3.65. The van der Waals surface area contributed by atoms with E-state index in [1.807, 2.05) is 6.07 Å². The van der Waals surface area contributed by atoms with Crippen LogP contribution in [0.1, 0.15) is 112 Å². The van der Waals surface area contributed by atoms with Gasteiger partial charge in [-0.2, -0.15) is 17.6 Å². The van der Waals surface area contributed by atoms with Crippen molar-refractivity contribution in [1.82, 2.24) is 0 Å². The Bertz CT molecular complexity index is 1320. The fourth-order valence-electron chi connectivity index (χ4n) is 7.55. The molecule has 5 rings (SSSR count). The normalized spacial score (nSPS) is 27.3. The molecular weight excluding hydrogens is 651 g/mol. The highest BCUT2D eigenvalue weighted by Crippen LogP contribution is 2.46. The molecule has 1 aliphatic heterocycles. The van der Waals surface area contributed by atoms with Gasteiger partial charge in [0.15, 0.2) is 6.29 Å². The molecule has 0 atom stereocenters. The highest BCUT2D eigenvalue weighted by molar-refractivity contribution is 5.34. The summed E-state index contributed by atoms with van der Waals surface area (Å²) in [4.78, 5) is 0. The average molecular weight is 695 g/mol. The Labute approximate surface area is 275 Å². The van der Waals surface area contributed by atoms with Gasteiger partial charge >= 0.3 is 18.5 Å². The molecule has 2 aliphatic carbocycles. The molecule has 3 nitrogen and oxygen atoms in total. The molecule has 3 fully saturated rings. The minimum atomic E-state index is -5.16. The zero-order valence-electron chi connectivity index (χ0n) is 27.0. The van der Waals surface area contributed by atoms with Crippen LogP contribution in [0, 0.1) is 35.2 Å². The first-order valence-corrected chi connectivity index (χ1v) is 17.0. The standard InChI is InChI=1S/C36H43F9O3/c1-2-3-4-5-21-19-46-33(47-20-21)24-8-6-22(7-9-24)25-12-15-28(29(37)16-25)23-10-13-26(14-11-23)36(44,45)48-27-17-30(38)32(31(39)18-27)35(42,43)34(40)41/h12,15-18,21-24,26,33-34H,2-11,13-14,19-20H2,1H3. The van der Waals surface area contributed by atoms with E-state index in [0.29, 0.717) is 17.4 Å². The molecule has 0 unspecified atom stereocenters. The van der Waals surface area contributed by atoms with Crippen LogP contribution in [0.2, 0.25) is 0 Å². The van der Waals surface area contributed by atoms with Crippen molar-refractivity contribution in [3.05, 3.63) is 64.5 Å². The zero-order chi connectivity index (χ0) is 34.6. The van der Waals surface area contributed by atoms with E-state index in [2.05, 4.69) is 11.7 Å². The van der Waals surface area contributed by atoms with Crippen LogP contribution in [0.3, 0.4) is 0 Å². The van der Waals surface area contributed by atoms with E-state index >= 15 is 4.39 Å². The van der Waals surface area contributed by atoms with Crippen molar-refractivity contribution in [1.29, 1.82) is 0 Å². The zero-order valence-corrected chi connectivity index (χ0v) is 27.0. The Morgan fingerprint density at radius 2 is 1.38 bits per heavy atom.